The average Bonchev–Trinajstić information content (AvgIpc) is 2.66. The van der Waals surface area contributed by atoms with Gasteiger partial charge in [-0.25, -0.2) is 0 Å². The van der Waals surface area contributed by atoms with Crippen LogP contribution in [0.2, 0.25) is 0 Å². The number of β-amino-alcohol motifs (C(OH)–C–C–N with tert-alkyl or cyclic N) is 1. The van der Waals surface area contributed by atoms with E-state index in [4.69, 9.17) is 6.42 Å². The van der Waals surface area contributed by atoms with Gasteiger partial charge in [0.05, 0.1) is 25.2 Å². The van der Waals surface area contributed by atoms with Crippen LogP contribution in [0.4, 0.5) is 5.69 Å². The van der Waals surface area contributed by atoms with Gasteiger partial charge < -0.3 is 31.5 Å². The molecule has 1 aromatic carbocycles. The molecule has 0 aromatic heterocycles. The SMILES string of the molecule is C#CC(CC(C)=O)NC(=O)CNC(=O)c1cc(O)cc(NC2=NCC(O)CN2)c1. The van der Waals surface area contributed by atoms with Gasteiger partial charge in [-0.3, -0.25) is 19.4 Å². The Morgan fingerprint density at radius 2 is 2.14 bits per heavy atom. The smallest absolute Gasteiger partial charge is 0.251 e. The van der Waals surface area contributed by atoms with Gasteiger partial charge in [-0.05, 0) is 19.1 Å². The van der Waals surface area contributed by atoms with E-state index in [0.717, 1.165) is 0 Å². The van der Waals surface area contributed by atoms with Crippen LogP contribution in [0.1, 0.15) is 23.7 Å². The molecule has 0 saturated heterocycles. The standard InChI is InChI=1S/C19H23N5O5/c1-3-13(4-11(2)25)23-17(28)10-20-18(29)12-5-14(7-15(26)6-12)24-19-21-8-16(27)9-22-19/h1,5-7,13,16,26-27H,4,8-10H2,2H3,(H,20,29)(H,23,28)(H2,21,22,24). The van der Waals surface area contributed by atoms with Crippen LogP contribution < -0.4 is 21.3 Å². The van der Waals surface area contributed by atoms with Crippen LogP contribution in [-0.4, -0.2) is 65.6 Å². The average molecular weight is 401 g/mol. The Bertz CT molecular complexity index is 861. The summed E-state index contributed by atoms with van der Waals surface area (Å²) in [6, 6.07) is 3.38. The molecule has 10 heteroatoms. The van der Waals surface area contributed by atoms with Crippen LogP contribution >= 0.6 is 0 Å². The second kappa shape index (κ2) is 10.1. The Balaban J connectivity index is 1.95. The second-order valence-electron chi connectivity index (χ2n) is 6.49. The molecular formula is C19H23N5O5. The molecule has 1 aliphatic rings. The van der Waals surface area contributed by atoms with Gasteiger partial charge in [0.1, 0.15) is 11.5 Å². The summed E-state index contributed by atoms with van der Waals surface area (Å²) in [6.07, 6.45) is 4.71. The number of rotatable bonds is 7. The highest BCUT2D eigenvalue weighted by atomic mass is 16.3. The molecule has 1 heterocycles. The number of aromatic hydroxyl groups is 1. The third-order valence-electron chi connectivity index (χ3n) is 3.85. The van der Waals surface area contributed by atoms with Crippen LogP contribution in [0.5, 0.6) is 5.75 Å². The minimum atomic E-state index is -0.740. The number of phenolic OH excluding ortho intramolecular Hbond substituents is 1. The summed E-state index contributed by atoms with van der Waals surface area (Å²) in [4.78, 5) is 39.4. The van der Waals surface area contributed by atoms with Gasteiger partial charge in [-0.1, -0.05) is 5.92 Å². The number of aliphatic hydroxyl groups excluding tert-OH is 1. The number of ketones is 1. The van der Waals surface area contributed by atoms with Crippen molar-refractivity contribution in [3.63, 3.8) is 0 Å². The van der Waals surface area contributed by atoms with Crippen LogP contribution in [0.25, 0.3) is 0 Å². The lowest BCUT2D eigenvalue weighted by atomic mass is 10.1. The molecule has 2 unspecified atom stereocenters. The molecule has 6 N–H and O–H groups in total. The Labute approximate surface area is 167 Å². The van der Waals surface area contributed by atoms with E-state index in [1.165, 1.54) is 25.1 Å². The second-order valence-corrected chi connectivity index (χ2v) is 6.49. The van der Waals surface area contributed by atoms with Crippen molar-refractivity contribution in [2.24, 2.45) is 4.99 Å². The Morgan fingerprint density at radius 1 is 1.38 bits per heavy atom. The Hall–Kier alpha value is -3.58. The lowest BCUT2D eigenvalue weighted by Crippen LogP contribution is -2.42. The topological polar surface area (TPSA) is 152 Å². The van der Waals surface area contributed by atoms with Gasteiger partial charge in [0, 0.05) is 30.3 Å². The predicted octanol–water partition coefficient (Wildman–Crippen LogP) is -1.05. The zero-order valence-electron chi connectivity index (χ0n) is 15.9. The number of hydrogen-bond acceptors (Lipinski definition) is 8. The largest absolute Gasteiger partial charge is 0.508 e. The summed E-state index contributed by atoms with van der Waals surface area (Å²) in [5, 5.41) is 30.0. The van der Waals surface area contributed by atoms with Crippen molar-refractivity contribution < 1.29 is 24.6 Å². The summed E-state index contributed by atoms with van der Waals surface area (Å²) in [6.45, 7) is 1.58. The first kappa shape index (κ1) is 21.7. The molecule has 2 amide bonds. The summed E-state index contributed by atoms with van der Waals surface area (Å²) < 4.78 is 0. The predicted molar refractivity (Wildman–Crippen MR) is 106 cm³/mol. The highest BCUT2D eigenvalue weighted by molar-refractivity contribution is 6.00. The summed E-state index contributed by atoms with van der Waals surface area (Å²) in [5.74, 6) is 1.25. The summed E-state index contributed by atoms with van der Waals surface area (Å²) in [5.41, 5.74) is 0.519. The fourth-order valence-corrected chi connectivity index (χ4v) is 2.51. The van der Waals surface area contributed by atoms with E-state index in [1.807, 2.05) is 0 Å². The fraction of sp³-hybridized carbons (Fsp3) is 0.368. The minimum Gasteiger partial charge on any atom is -0.508 e. The highest BCUT2D eigenvalue weighted by Crippen LogP contribution is 2.20. The van der Waals surface area contributed by atoms with Crippen molar-refractivity contribution in [2.75, 3.05) is 25.0 Å². The number of carbonyl (C=O) groups excluding carboxylic acids is 3. The van der Waals surface area contributed by atoms with Gasteiger partial charge in [0.25, 0.3) is 5.91 Å². The van der Waals surface area contributed by atoms with Crippen LogP contribution in [-0.2, 0) is 9.59 Å². The molecule has 0 saturated carbocycles. The number of phenols is 1. The number of aliphatic hydroxyl groups is 1. The number of Topliss-reactive ketones (excluding diaryl/α,β-unsaturated/α-hetero) is 1. The van der Waals surface area contributed by atoms with Crippen LogP contribution in [0, 0.1) is 12.3 Å². The van der Waals surface area contributed by atoms with Crippen molar-refractivity contribution >= 4 is 29.2 Å². The number of amides is 2. The lowest BCUT2D eigenvalue weighted by Gasteiger charge is -2.20. The Kier molecular flexibility index (Phi) is 7.56. The number of carbonyl (C=O) groups is 3. The zero-order valence-corrected chi connectivity index (χ0v) is 15.9. The van der Waals surface area contributed by atoms with E-state index in [-0.39, 0.29) is 36.6 Å². The molecule has 0 fully saturated rings. The molecular weight excluding hydrogens is 378 g/mol. The van der Waals surface area contributed by atoms with Crippen molar-refractivity contribution in [1.82, 2.24) is 16.0 Å². The zero-order chi connectivity index (χ0) is 21.4. The first-order valence-corrected chi connectivity index (χ1v) is 8.87. The maximum atomic E-state index is 12.3. The summed E-state index contributed by atoms with van der Waals surface area (Å²) in [7, 11) is 0. The number of benzene rings is 1. The van der Waals surface area contributed by atoms with E-state index in [9.17, 15) is 24.6 Å². The number of aliphatic imine (C=N–C) groups is 1. The van der Waals surface area contributed by atoms with Gasteiger partial charge in [-0.15, -0.1) is 6.42 Å². The fourth-order valence-electron chi connectivity index (χ4n) is 2.51. The van der Waals surface area contributed by atoms with Gasteiger partial charge in [0.15, 0.2) is 5.96 Å². The van der Waals surface area contributed by atoms with Gasteiger partial charge >= 0.3 is 0 Å². The molecule has 2 atom stereocenters. The third kappa shape index (κ3) is 7.15. The van der Waals surface area contributed by atoms with E-state index in [0.29, 0.717) is 18.2 Å². The van der Waals surface area contributed by atoms with E-state index >= 15 is 0 Å². The molecule has 0 bridgehead atoms. The number of nitrogens with zero attached hydrogens (tertiary/aromatic N) is 1. The number of hydrogen-bond donors (Lipinski definition) is 6. The number of nitrogens with one attached hydrogen (secondary N) is 4. The van der Waals surface area contributed by atoms with Crippen molar-refractivity contribution in [3.05, 3.63) is 23.8 Å². The number of terminal acetylenes is 1. The highest BCUT2D eigenvalue weighted by Gasteiger charge is 2.16. The van der Waals surface area contributed by atoms with Crippen molar-refractivity contribution in [1.29, 1.82) is 0 Å². The normalized spacial score (nSPS) is 16.4. The monoisotopic (exact) mass is 401 g/mol. The molecule has 2 rings (SSSR count). The molecule has 29 heavy (non-hydrogen) atoms. The van der Waals surface area contributed by atoms with Gasteiger partial charge in [0.2, 0.25) is 5.91 Å². The van der Waals surface area contributed by atoms with E-state index in [2.05, 4.69) is 32.2 Å². The first-order valence-electron chi connectivity index (χ1n) is 8.87. The summed E-state index contributed by atoms with van der Waals surface area (Å²) >= 11 is 0. The Morgan fingerprint density at radius 3 is 2.76 bits per heavy atom. The van der Waals surface area contributed by atoms with E-state index < -0.39 is 24.0 Å². The molecule has 154 valence electrons. The first-order chi connectivity index (χ1) is 13.8. The maximum absolute atomic E-state index is 12.3. The molecule has 1 aromatic rings. The van der Waals surface area contributed by atoms with Crippen molar-refractivity contribution in [3.8, 4) is 18.1 Å². The quantitative estimate of drug-likeness (QED) is 0.319. The molecule has 10 nitrogen and oxygen atoms in total. The molecule has 0 radical (unpaired) electrons. The lowest BCUT2D eigenvalue weighted by molar-refractivity contribution is -0.121. The van der Waals surface area contributed by atoms with Crippen molar-refractivity contribution in [2.45, 2.75) is 25.5 Å². The van der Waals surface area contributed by atoms with Gasteiger partial charge in [-0.2, -0.15) is 0 Å². The van der Waals surface area contributed by atoms with E-state index in [1.54, 1.807) is 0 Å². The van der Waals surface area contributed by atoms with Crippen LogP contribution in [0.15, 0.2) is 23.2 Å². The number of anilines is 1. The molecule has 0 spiro atoms. The minimum absolute atomic E-state index is 0.00667. The number of guanidine groups is 1. The maximum Gasteiger partial charge on any atom is 0.251 e. The van der Waals surface area contributed by atoms with Crippen LogP contribution in [0.3, 0.4) is 0 Å². The molecule has 1 aliphatic heterocycles. The third-order valence-corrected chi connectivity index (χ3v) is 3.85. The molecule has 0 aliphatic carbocycles.